The zero-order valence-corrected chi connectivity index (χ0v) is 19.2. The molecule has 0 radical (unpaired) electrons. The van der Waals surface area contributed by atoms with Gasteiger partial charge in [0.05, 0.1) is 24.9 Å². The molecule has 0 bridgehead atoms. The van der Waals surface area contributed by atoms with Gasteiger partial charge in [-0.05, 0) is 56.7 Å². The summed E-state index contributed by atoms with van der Waals surface area (Å²) in [5.74, 6) is -0.514. The van der Waals surface area contributed by atoms with Crippen molar-refractivity contribution < 1.29 is 29.0 Å². The van der Waals surface area contributed by atoms with E-state index in [0.29, 0.717) is 11.4 Å². The van der Waals surface area contributed by atoms with Crippen LogP contribution in [0, 0.1) is 0 Å². The smallest absolute Gasteiger partial charge is 0.408 e. The normalized spacial score (nSPS) is 16.1. The number of amides is 2. The number of methoxy groups -OCH3 is 1. The monoisotopic (exact) mass is 458 g/mol. The number of hydrogen-bond acceptors (Lipinski definition) is 6. The van der Waals surface area contributed by atoms with Crippen molar-refractivity contribution in [2.45, 2.75) is 43.9 Å². The molecule has 0 saturated heterocycles. The van der Waals surface area contributed by atoms with Gasteiger partial charge in [-0.2, -0.15) is 0 Å². The number of carboxylic acids is 1. The van der Waals surface area contributed by atoms with Crippen molar-refractivity contribution in [1.82, 2.24) is 5.32 Å². The molecule has 0 aliphatic carbocycles. The number of benzene rings is 2. The summed E-state index contributed by atoms with van der Waals surface area (Å²) < 4.78 is 10.6. The summed E-state index contributed by atoms with van der Waals surface area (Å²) in [5.41, 5.74) is 0.653. The number of carbonyl (C=O) groups is 3. The number of anilines is 1. The predicted molar refractivity (Wildman–Crippen MR) is 121 cm³/mol. The number of rotatable bonds is 5. The van der Waals surface area contributed by atoms with Crippen LogP contribution in [-0.2, 0) is 16.1 Å². The van der Waals surface area contributed by atoms with Gasteiger partial charge in [-0.15, -0.1) is 11.8 Å². The number of thioether (sulfide) groups is 1. The van der Waals surface area contributed by atoms with Crippen molar-refractivity contribution in [3.63, 3.8) is 0 Å². The van der Waals surface area contributed by atoms with E-state index >= 15 is 0 Å². The van der Waals surface area contributed by atoms with Crippen LogP contribution in [0.25, 0.3) is 0 Å². The first-order chi connectivity index (χ1) is 15.1. The molecule has 0 spiro atoms. The molecule has 1 aliphatic heterocycles. The van der Waals surface area contributed by atoms with E-state index in [-0.39, 0.29) is 23.8 Å². The summed E-state index contributed by atoms with van der Waals surface area (Å²) in [4.78, 5) is 39.6. The quantitative estimate of drug-likeness (QED) is 0.699. The van der Waals surface area contributed by atoms with E-state index in [1.807, 2.05) is 18.2 Å². The third kappa shape index (κ3) is 5.73. The second-order valence-corrected chi connectivity index (χ2v) is 9.34. The minimum atomic E-state index is -1.08. The first-order valence-electron chi connectivity index (χ1n) is 10.0. The summed E-state index contributed by atoms with van der Waals surface area (Å²) in [5, 5.41) is 12.1. The average molecular weight is 459 g/mol. The summed E-state index contributed by atoms with van der Waals surface area (Å²) in [6.07, 6.45) is -0.685. The highest BCUT2D eigenvalue weighted by atomic mass is 32.2. The molecule has 1 atom stereocenters. The highest BCUT2D eigenvalue weighted by molar-refractivity contribution is 7.99. The van der Waals surface area contributed by atoms with Crippen molar-refractivity contribution in [3.05, 3.63) is 53.6 Å². The second kappa shape index (κ2) is 9.52. The van der Waals surface area contributed by atoms with Crippen molar-refractivity contribution in [2.75, 3.05) is 17.8 Å². The molecule has 1 aliphatic rings. The average Bonchev–Trinajstić information content (AvgIpc) is 2.84. The Kier molecular flexibility index (Phi) is 6.98. The fourth-order valence-electron chi connectivity index (χ4n) is 3.20. The van der Waals surface area contributed by atoms with Crippen LogP contribution in [0.2, 0.25) is 0 Å². The fourth-order valence-corrected chi connectivity index (χ4v) is 4.26. The molecule has 3 rings (SSSR count). The molecule has 8 nitrogen and oxygen atoms in total. The maximum atomic E-state index is 13.5. The van der Waals surface area contributed by atoms with Gasteiger partial charge in [0.2, 0.25) is 0 Å². The van der Waals surface area contributed by atoms with Crippen molar-refractivity contribution in [1.29, 1.82) is 0 Å². The molecule has 170 valence electrons. The Morgan fingerprint density at radius 2 is 1.97 bits per heavy atom. The summed E-state index contributed by atoms with van der Waals surface area (Å²) in [6.45, 7) is 5.41. The molecule has 2 N–H and O–H groups in total. The number of carboxylic acid groups (broad SMARTS) is 1. The van der Waals surface area contributed by atoms with E-state index in [1.165, 1.54) is 28.8 Å². The third-order valence-corrected chi connectivity index (χ3v) is 5.79. The van der Waals surface area contributed by atoms with Gasteiger partial charge in [0.15, 0.2) is 0 Å². The topological polar surface area (TPSA) is 105 Å². The molecule has 0 unspecified atom stereocenters. The molecule has 2 amide bonds. The van der Waals surface area contributed by atoms with Crippen LogP contribution in [0.4, 0.5) is 10.5 Å². The lowest BCUT2D eigenvalue weighted by Gasteiger charge is -2.27. The van der Waals surface area contributed by atoms with Crippen LogP contribution in [0.1, 0.15) is 36.7 Å². The summed E-state index contributed by atoms with van der Waals surface area (Å²) in [6, 6.07) is 11.1. The summed E-state index contributed by atoms with van der Waals surface area (Å²) >= 11 is 1.37. The maximum absolute atomic E-state index is 13.5. The van der Waals surface area contributed by atoms with Crippen molar-refractivity contribution in [3.8, 4) is 5.75 Å². The SMILES string of the molecule is COc1cccc(CN2C(=O)[C@@H](NC(=O)OC(C)(C)C)CSc3ccc(C(=O)O)cc32)c1. The minimum Gasteiger partial charge on any atom is -0.497 e. The lowest BCUT2D eigenvalue weighted by atomic mass is 10.1. The van der Waals surface area contributed by atoms with E-state index in [1.54, 1.807) is 40.0 Å². The van der Waals surface area contributed by atoms with Gasteiger partial charge in [-0.25, -0.2) is 9.59 Å². The first-order valence-corrected chi connectivity index (χ1v) is 11.0. The predicted octanol–water partition coefficient (Wildman–Crippen LogP) is 3.93. The fraction of sp³-hybridized carbons (Fsp3) is 0.348. The Morgan fingerprint density at radius 3 is 2.62 bits per heavy atom. The Morgan fingerprint density at radius 1 is 1.22 bits per heavy atom. The van der Waals surface area contributed by atoms with E-state index < -0.39 is 23.7 Å². The van der Waals surface area contributed by atoms with Crippen LogP contribution in [0.15, 0.2) is 47.4 Å². The first kappa shape index (κ1) is 23.5. The molecular formula is C23H26N2O6S. The number of ether oxygens (including phenoxy) is 2. The van der Waals surface area contributed by atoms with E-state index in [0.717, 1.165) is 10.5 Å². The van der Waals surface area contributed by atoms with Gasteiger partial charge in [-0.3, -0.25) is 4.79 Å². The van der Waals surface area contributed by atoms with E-state index in [4.69, 9.17) is 9.47 Å². The Hall–Kier alpha value is -3.20. The van der Waals surface area contributed by atoms with Crippen LogP contribution in [-0.4, -0.2) is 47.6 Å². The van der Waals surface area contributed by atoms with E-state index in [2.05, 4.69) is 5.32 Å². The van der Waals surface area contributed by atoms with Crippen LogP contribution < -0.4 is 15.0 Å². The molecule has 2 aromatic carbocycles. The molecule has 1 heterocycles. The highest BCUT2D eigenvalue weighted by Gasteiger charge is 2.33. The number of hydrogen-bond donors (Lipinski definition) is 2. The molecule has 9 heteroatoms. The largest absolute Gasteiger partial charge is 0.497 e. The van der Waals surface area contributed by atoms with Gasteiger partial charge in [0.1, 0.15) is 17.4 Å². The Labute approximate surface area is 190 Å². The van der Waals surface area contributed by atoms with Crippen molar-refractivity contribution in [2.24, 2.45) is 0 Å². The molecule has 2 aromatic rings. The lowest BCUT2D eigenvalue weighted by molar-refractivity contribution is -0.120. The number of nitrogens with zero attached hydrogens (tertiary/aromatic N) is 1. The van der Waals surface area contributed by atoms with Gasteiger partial charge in [0.25, 0.3) is 5.91 Å². The van der Waals surface area contributed by atoms with Gasteiger partial charge in [0, 0.05) is 10.6 Å². The third-order valence-electron chi connectivity index (χ3n) is 4.63. The van der Waals surface area contributed by atoms with Gasteiger partial charge >= 0.3 is 12.1 Å². The zero-order valence-electron chi connectivity index (χ0n) is 18.4. The van der Waals surface area contributed by atoms with E-state index in [9.17, 15) is 19.5 Å². The zero-order chi connectivity index (χ0) is 23.5. The van der Waals surface area contributed by atoms with Crippen molar-refractivity contribution >= 4 is 35.4 Å². The molecular weight excluding hydrogens is 432 g/mol. The molecule has 0 saturated carbocycles. The Bertz CT molecular complexity index is 1030. The number of fused-ring (bicyclic) bond motifs is 1. The van der Waals surface area contributed by atoms with Gasteiger partial charge < -0.3 is 24.8 Å². The number of carbonyl (C=O) groups excluding carboxylic acids is 2. The number of aromatic carboxylic acids is 1. The Balaban J connectivity index is 1.97. The molecule has 0 aromatic heterocycles. The van der Waals surface area contributed by atoms with Crippen LogP contribution in [0.3, 0.4) is 0 Å². The summed E-state index contributed by atoms with van der Waals surface area (Å²) in [7, 11) is 1.56. The highest BCUT2D eigenvalue weighted by Crippen LogP contribution is 2.36. The standard InChI is InChI=1S/C23H26N2O6S/c1-23(2,3)31-22(29)24-17-13-32-19-9-8-15(21(27)28)11-18(19)25(20(17)26)12-14-6-5-7-16(10-14)30-4/h5-11,17H,12-13H2,1-4H3,(H,24,29)(H,27,28)/t17-/m0/s1. The molecule has 0 fully saturated rings. The lowest BCUT2D eigenvalue weighted by Crippen LogP contribution is -2.50. The van der Waals surface area contributed by atoms with Crippen LogP contribution in [0.5, 0.6) is 5.75 Å². The molecule has 32 heavy (non-hydrogen) atoms. The second-order valence-electron chi connectivity index (χ2n) is 8.27. The number of nitrogens with one attached hydrogen (secondary N) is 1. The van der Waals surface area contributed by atoms with Crippen LogP contribution >= 0.6 is 11.8 Å². The van der Waals surface area contributed by atoms with Gasteiger partial charge in [-0.1, -0.05) is 12.1 Å². The maximum Gasteiger partial charge on any atom is 0.408 e. The minimum absolute atomic E-state index is 0.0753. The number of alkyl carbamates (subject to hydrolysis) is 1.